The lowest BCUT2D eigenvalue weighted by molar-refractivity contribution is 0.186. The van der Waals surface area contributed by atoms with Crippen molar-refractivity contribution in [1.82, 2.24) is 15.0 Å². The molecular formula is C15H21N3O2. The van der Waals surface area contributed by atoms with Crippen LogP contribution < -0.4 is 0 Å². The van der Waals surface area contributed by atoms with Crippen LogP contribution in [0.2, 0.25) is 0 Å². The molecule has 0 amide bonds. The van der Waals surface area contributed by atoms with Crippen molar-refractivity contribution >= 4 is 0 Å². The predicted molar refractivity (Wildman–Crippen MR) is 77.1 cm³/mol. The van der Waals surface area contributed by atoms with Crippen molar-refractivity contribution in [3.8, 4) is 11.5 Å². The molecule has 1 heterocycles. The lowest BCUT2D eigenvalue weighted by Gasteiger charge is -2.17. The van der Waals surface area contributed by atoms with Gasteiger partial charge in [-0.05, 0) is 31.5 Å². The molecule has 0 spiro atoms. The quantitative estimate of drug-likeness (QED) is 0.839. The average molecular weight is 275 g/mol. The van der Waals surface area contributed by atoms with Gasteiger partial charge < -0.3 is 9.63 Å². The molecule has 2 rings (SSSR count). The molecule has 0 bridgehead atoms. The van der Waals surface area contributed by atoms with E-state index in [2.05, 4.69) is 22.0 Å². The normalized spacial score (nSPS) is 11.2. The average Bonchev–Trinajstić information content (AvgIpc) is 2.88. The summed E-state index contributed by atoms with van der Waals surface area (Å²) in [5.41, 5.74) is 2.08. The Labute approximate surface area is 119 Å². The lowest BCUT2D eigenvalue weighted by atomic mass is 10.1. The molecule has 0 saturated carbocycles. The first kappa shape index (κ1) is 14.7. The molecule has 20 heavy (non-hydrogen) atoms. The molecule has 2 aromatic rings. The summed E-state index contributed by atoms with van der Waals surface area (Å²) in [5.74, 6) is 1.21. The summed E-state index contributed by atoms with van der Waals surface area (Å²) in [6.07, 6.45) is 1.03. The SMILES string of the molecule is CCCN(CCO)Cc1noc(-c2ccccc2C)n1. The highest BCUT2D eigenvalue weighted by Gasteiger charge is 2.13. The first-order chi connectivity index (χ1) is 9.74. The van der Waals surface area contributed by atoms with E-state index in [1.807, 2.05) is 31.2 Å². The number of rotatable bonds is 7. The van der Waals surface area contributed by atoms with Gasteiger partial charge in [0.05, 0.1) is 13.2 Å². The molecule has 0 fully saturated rings. The highest BCUT2D eigenvalue weighted by molar-refractivity contribution is 5.57. The van der Waals surface area contributed by atoms with Gasteiger partial charge >= 0.3 is 0 Å². The third-order valence-electron chi connectivity index (χ3n) is 3.16. The largest absolute Gasteiger partial charge is 0.395 e. The van der Waals surface area contributed by atoms with Crippen LogP contribution in [-0.4, -0.2) is 39.8 Å². The minimum Gasteiger partial charge on any atom is -0.395 e. The number of aryl methyl sites for hydroxylation is 1. The van der Waals surface area contributed by atoms with E-state index in [9.17, 15) is 0 Å². The fourth-order valence-corrected chi connectivity index (χ4v) is 2.17. The third kappa shape index (κ3) is 3.65. The monoisotopic (exact) mass is 275 g/mol. The van der Waals surface area contributed by atoms with Crippen LogP contribution in [0, 0.1) is 6.92 Å². The van der Waals surface area contributed by atoms with Crippen LogP contribution in [0.25, 0.3) is 11.5 Å². The molecule has 0 radical (unpaired) electrons. The van der Waals surface area contributed by atoms with Crippen LogP contribution in [0.3, 0.4) is 0 Å². The van der Waals surface area contributed by atoms with Gasteiger partial charge in [0, 0.05) is 12.1 Å². The molecular weight excluding hydrogens is 254 g/mol. The van der Waals surface area contributed by atoms with Gasteiger partial charge in [-0.25, -0.2) is 0 Å². The van der Waals surface area contributed by atoms with Crippen LogP contribution >= 0.6 is 0 Å². The highest BCUT2D eigenvalue weighted by atomic mass is 16.5. The van der Waals surface area contributed by atoms with Crippen LogP contribution in [0.5, 0.6) is 0 Å². The summed E-state index contributed by atoms with van der Waals surface area (Å²) in [7, 11) is 0. The number of hydrogen-bond acceptors (Lipinski definition) is 5. The second kappa shape index (κ2) is 7.17. The van der Waals surface area contributed by atoms with Crippen molar-refractivity contribution in [3.63, 3.8) is 0 Å². The Kier molecular flexibility index (Phi) is 5.26. The molecule has 1 aromatic heterocycles. The maximum absolute atomic E-state index is 9.06. The molecule has 0 aliphatic heterocycles. The van der Waals surface area contributed by atoms with Gasteiger partial charge in [-0.1, -0.05) is 30.3 Å². The molecule has 108 valence electrons. The second-order valence-electron chi connectivity index (χ2n) is 4.83. The van der Waals surface area contributed by atoms with Gasteiger partial charge in [0.25, 0.3) is 5.89 Å². The smallest absolute Gasteiger partial charge is 0.258 e. The van der Waals surface area contributed by atoms with Gasteiger partial charge in [-0.2, -0.15) is 4.98 Å². The summed E-state index contributed by atoms with van der Waals surface area (Å²) in [4.78, 5) is 6.56. The van der Waals surface area contributed by atoms with E-state index in [0.29, 0.717) is 24.8 Å². The molecule has 5 heteroatoms. The fourth-order valence-electron chi connectivity index (χ4n) is 2.17. The van der Waals surface area contributed by atoms with Gasteiger partial charge in [0.2, 0.25) is 0 Å². The zero-order chi connectivity index (χ0) is 14.4. The fraction of sp³-hybridized carbons (Fsp3) is 0.467. The zero-order valence-electron chi connectivity index (χ0n) is 12.0. The summed E-state index contributed by atoms with van der Waals surface area (Å²) >= 11 is 0. The van der Waals surface area contributed by atoms with Crippen molar-refractivity contribution in [2.75, 3.05) is 19.7 Å². The van der Waals surface area contributed by atoms with Crippen molar-refractivity contribution < 1.29 is 9.63 Å². The van der Waals surface area contributed by atoms with E-state index in [0.717, 1.165) is 24.1 Å². The number of benzene rings is 1. The maximum Gasteiger partial charge on any atom is 0.258 e. The van der Waals surface area contributed by atoms with Crippen LogP contribution in [0.15, 0.2) is 28.8 Å². The Morgan fingerprint density at radius 3 is 2.75 bits per heavy atom. The van der Waals surface area contributed by atoms with Crippen molar-refractivity contribution in [2.45, 2.75) is 26.8 Å². The number of aliphatic hydroxyl groups is 1. The summed E-state index contributed by atoms with van der Waals surface area (Å²) in [6, 6.07) is 7.94. The topological polar surface area (TPSA) is 62.4 Å². The van der Waals surface area contributed by atoms with E-state index < -0.39 is 0 Å². The maximum atomic E-state index is 9.06. The molecule has 5 nitrogen and oxygen atoms in total. The van der Waals surface area contributed by atoms with Crippen LogP contribution in [-0.2, 0) is 6.54 Å². The van der Waals surface area contributed by atoms with E-state index >= 15 is 0 Å². The van der Waals surface area contributed by atoms with Gasteiger partial charge in [-0.3, -0.25) is 4.90 Å². The van der Waals surface area contributed by atoms with Crippen LogP contribution in [0.4, 0.5) is 0 Å². The molecule has 0 aliphatic carbocycles. The minimum atomic E-state index is 0.141. The number of aromatic nitrogens is 2. The summed E-state index contributed by atoms with van der Waals surface area (Å²) < 4.78 is 5.34. The third-order valence-corrected chi connectivity index (χ3v) is 3.16. The molecule has 0 atom stereocenters. The number of aliphatic hydroxyl groups excluding tert-OH is 1. The summed E-state index contributed by atoms with van der Waals surface area (Å²) in [5, 5.41) is 13.1. The Morgan fingerprint density at radius 1 is 1.25 bits per heavy atom. The van der Waals surface area contributed by atoms with Gasteiger partial charge in [0.1, 0.15) is 0 Å². The molecule has 0 unspecified atom stereocenters. The predicted octanol–water partition coefficient (Wildman–Crippen LogP) is 2.25. The Bertz CT molecular complexity index is 533. The van der Waals surface area contributed by atoms with E-state index in [4.69, 9.17) is 9.63 Å². The van der Waals surface area contributed by atoms with Crippen molar-refractivity contribution in [3.05, 3.63) is 35.7 Å². The first-order valence-corrected chi connectivity index (χ1v) is 6.96. The van der Waals surface area contributed by atoms with Crippen LogP contribution in [0.1, 0.15) is 24.7 Å². The Hall–Kier alpha value is -1.72. The molecule has 1 N–H and O–H groups in total. The van der Waals surface area contributed by atoms with E-state index in [1.165, 1.54) is 0 Å². The first-order valence-electron chi connectivity index (χ1n) is 6.96. The molecule has 0 saturated heterocycles. The van der Waals surface area contributed by atoms with E-state index in [1.54, 1.807) is 0 Å². The molecule has 1 aromatic carbocycles. The van der Waals surface area contributed by atoms with E-state index in [-0.39, 0.29) is 6.61 Å². The summed E-state index contributed by atoms with van der Waals surface area (Å²) in [6.45, 7) is 6.41. The second-order valence-corrected chi connectivity index (χ2v) is 4.83. The molecule has 0 aliphatic rings. The Balaban J connectivity index is 2.10. The number of hydrogen-bond donors (Lipinski definition) is 1. The number of nitrogens with zero attached hydrogens (tertiary/aromatic N) is 3. The minimum absolute atomic E-state index is 0.141. The van der Waals surface area contributed by atoms with Crippen molar-refractivity contribution in [2.24, 2.45) is 0 Å². The van der Waals surface area contributed by atoms with Gasteiger partial charge in [-0.15, -0.1) is 0 Å². The standard InChI is InChI=1S/C15H21N3O2/c1-3-8-18(9-10-19)11-14-16-15(20-17-14)13-7-5-4-6-12(13)2/h4-7,19H,3,8-11H2,1-2H3. The van der Waals surface area contributed by atoms with Gasteiger partial charge in [0.15, 0.2) is 5.82 Å². The zero-order valence-corrected chi connectivity index (χ0v) is 12.0. The highest BCUT2D eigenvalue weighted by Crippen LogP contribution is 2.21. The Morgan fingerprint density at radius 2 is 2.05 bits per heavy atom. The lowest BCUT2D eigenvalue weighted by Crippen LogP contribution is -2.27. The van der Waals surface area contributed by atoms with Crippen molar-refractivity contribution in [1.29, 1.82) is 0 Å².